The molecule has 1 fully saturated rings. The summed E-state index contributed by atoms with van der Waals surface area (Å²) in [6.07, 6.45) is 3.35. The standard InChI is InChI=1S/C16H26N2O2S/c1-4-7-17-11-15-9-16(13(3)8-12(15)2)21(19,20)18-10-14-5-6-14/h8-9,14,17-18H,4-7,10-11H2,1-3H3. The predicted octanol–water partition coefficient (Wildman–Crippen LogP) is 2.49. The first-order valence-corrected chi connectivity index (χ1v) is 9.23. The highest BCUT2D eigenvalue weighted by Gasteiger charge is 2.25. The molecule has 0 radical (unpaired) electrons. The number of hydrogen-bond acceptors (Lipinski definition) is 3. The van der Waals surface area contributed by atoms with Gasteiger partial charge < -0.3 is 5.32 Å². The second-order valence-electron chi connectivity index (χ2n) is 6.02. The van der Waals surface area contributed by atoms with Gasteiger partial charge in [-0.05, 0) is 68.3 Å². The van der Waals surface area contributed by atoms with Crippen LogP contribution in [0.25, 0.3) is 0 Å². The van der Waals surface area contributed by atoms with Crippen molar-refractivity contribution in [3.05, 3.63) is 28.8 Å². The topological polar surface area (TPSA) is 58.2 Å². The molecule has 4 nitrogen and oxygen atoms in total. The number of benzene rings is 1. The fraction of sp³-hybridized carbons (Fsp3) is 0.625. The minimum Gasteiger partial charge on any atom is -0.313 e. The van der Waals surface area contributed by atoms with Gasteiger partial charge in [0.05, 0.1) is 4.90 Å². The monoisotopic (exact) mass is 310 g/mol. The highest BCUT2D eigenvalue weighted by molar-refractivity contribution is 7.89. The molecule has 2 N–H and O–H groups in total. The lowest BCUT2D eigenvalue weighted by molar-refractivity contribution is 0.576. The molecule has 0 heterocycles. The number of rotatable bonds is 8. The molecule has 0 atom stereocenters. The quantitative estimate of drug-likeness (QED) is 0.725. The summed E-state index contributed by atoms with van der Waals surface area (Å²) in [7, 11) is -3.39. The van der Waals surface area contributed by atoms with Crippen LogP contribution in [-0.2, 0) is 16.6 Å². The van der Waals surface area contributed by atoms with Crippen LogP contribution >= 0.6 is 0 Å². The second kappa shape index (κ2) is 6.90. The Morgan fingerprint density at radius 2 is 1.90 bits per heavy atom. The van der Waals surface area contributed by atoms with Gasteiger partial charge in [-0.3, -0.25) is 0 Å². The van der Waals surface area contributed by atoms with E-state index < -0.39 is 10.0 Å². The van der Waals surface area contributed by atoms with Crippen molar-refractivity contribution in [2.45, 2.75) is 51.5 Å². The van der Waals surface area contributed by atoms with Gasteiger partial charge in [-0.25, -0.2) is 13.1 Å². The molecule has 0 amide bonds. The molecule has 1 aromatic carbocycles. The molecule has 0 aliphatic heterocycles. The first-order chi connectivity index (χ1) is 9.94. The van der Waals surface area contributed by atoms with Gasteiger partial charge in [0, 0.05) is 13.1 Å². The maximum atomic E-state index is 12.4. The van der Waals surface area contributed by atoms with Gasteiger partial charge in [0.15, 0.2) is 0 Å². The lowest BCUT2D eigenvalue weighted by Crippen LogP contribution is -2.27. The zero-order valence-corrected chi connectivity index (χ0v) is 14.0. The molecule has 21 heavy (non-hydrogen) atoms. The van der Waals surface area contributed by atoms with E-state index in [2.05, 4.69) is 17.0 Å². The summed E-state index contributed by atoms with van der Waals surface area (Å²) in [6, 6.07) is 3.79. The van der Waals surface area contributed by atoms with E-state index in [9.17, 15) is 8.42 Å². The van der Waals surface area contributed by atoms with E-state index >= 15 is 0 Å². The van der Waals surface area contributed by atoms with Gasteiger partial charge in [-0.1, -0.05) is 13.0 Å². The fourth-order valence-corrected chi connectivity index (χ4v) is 3.77. The lowest BCUT2D eigenvalue weighted by Gasteiger charge is -2.14. The van der Waals surface area contributed by atoms with Crippen LogP contribution in [0.15, 0.2) is 17.0 Å². The Hall–Kier alpha value is -0.910. The SMILES string of the molecule is CCCNCc1cc(S(=O)(=O)NCC2CC2)c(C)cc1C. The third-order valence-corrected chi connectivity index (χ3v) is 5.49. The number of hydrogen-bond donors (Lipinski definition) is 2. The first-order valence-electron chi connectivity index (χ1n) is 7.74. The normalized spacial score (nSPS) is 15.4. The molecule has 1 aliphatic carbocycles. The highest BCUT2D eigenvalue weighted by atomic mass is 32.2. The Morgan fingerprint density at radius 1 is 1.19 bits per heavy atom. The summed E-state index contributed by atoms with van der Waals surface area (Å²) in [5, 5.41) is 3.34. The highest BCUT2D eigenvalue weighted by Crippen LogP contribution is 2.28. The van der Waals surface area contributed by atoms with E-state index in [4.69, 9.17) is 0 Å². The van der Waals surface area contributed by atoms with Crippen molar-refractivity contribution in [2.24, 2.45) is 5.92 Å². The molecule has 0 aromatic heterocycles. The summed E-state index contributed by atoms with van der Waals surface area (Å²) in [4.78, 5) is 0.419. The average molecular weight is 310 g/mol. The molecule has 5 heteroatoms. The number of nitrogens with one attached hydrogen (secondary N) is 2. The van der Waals surface area contributed by atoms with Crippen LogP contribution in [0.2, 0.25) is 0 Å². The molecule has 118 valence electrons. The molecular formula is C16H26N2O2S. The third kappa shape index (κ3) is 4.53. The van der Waals surface area contributed by atoms with E-state index in [-0.39, 0.29) is 0 Å². The van der Waals surface area contributed by atoms with Gasteiger partial charge in [-0.2, -0.15) is 0 Å². The summed E-state index contributed by atoms with van der Waals surface area (Å²) in [6.45, 7) is 8.23. The molecule has 1 aliphatic rings. The Bertz CT molecular complexity index is 593. The van der Waals surface area contributed by atoms with Gasteiger partial charge in [0.25, 0.3) is 0 Å². The molecule has 0 spiro atoms. The number of sulfonamides is 1. The molecule has 2 rings (SSSR count). The van der Waals surface area contributed by atoms with Crippen molar-refractivity contribution in [3.63, 3.8) is 0 Å². The van der Waals surface area contributed by atoms with Crippen LogP contribution in [0.5, 0.6) is 0 Å². The Labute approximate surface area is 128 Å². The Balaban J connectivity index is 2.18. The third-order valence-electron chi connectivity index (χ3n) is 3.92. The average Bonchev–Trinajstić information content (AvgIpc) is 3.23. The van der Waals surface area contributed by atoms with Crippen LogP contribution in [0.4, 0.5) is 0 Å². The summed E-state index contributed by atoms with van der Waals surface area (Å²) >= 11 is 0. The van der Waals surface area contributed by atoms with Crippen LogP contribution < -0.4 is 10.0 Å². The zero-order valence-electron chi connectivity index (χ0n) is 13.2. The van der Waals surface area contributed by atoms with E-state index in [1.165, 1.54) is 0 Å². The Kier molecular flexibility index (Phi) is 5.41. The molecule has 1 aromatic rings. The van der Waals surface area contributed by atoms with Gasteiger partial charge >= 0.3 is 0 Å². The smallest absolute Gasteiger partial charge is 0.240 e. The van der Waals surface area contributed by atoms with Crippen molar-refractivity contribution >= 4 is 10.0 Å². The summed E-state index contributed by atoms with van der Waals surface area (Å²) < 4.78 is 27.6. The Morgan fingerprint density at radius 3 is 2.52 bits per heavy atom. The van der Waals surface area contributed by atoms with Crippen LogP contribution in [-0.4, -0.2) is 21.5 Å². The molecule has 0 unspecified atom stereocenters. The largest absolute Gasteiger partial charge is 0.313 e. The minimum atomic E-state index is -3.39. The summed E-state index contributed by atoms with van der Waals surface area (Å²) in [5.74, 6) is 0.538. The van der Waals surface area contributed by atoms with Crippen molar-refractivity contribution in [1.29, 1.82) is 0 Å². The second-order valence-corrected chi connectivity index (χ2v) is 7.75. The minimum absolute atomic E-state index is 0.419. The lowest BCUT2D eigenvalue weighted by atomic mass is 10.1. The van der Waals surface area contributed by atoms with Gasteiger partial charge in [0.2, 0.25) is 10.0 Å². The maximum absolute atomic E-state index is 12.4. The van der Waals surface area contributed by atoms with Crippen LogP contribution in [0, 0.1) is 19.8 Å². The van der Waals surface area contributed by atoms with Crippen molar-refractivity contribution in [1.82, 2.24) is 10.0 Å². The molecule has 1 saturated carbocycles. The summed E-state index contributed by atoms with van der Waals surface area (Å²) in [5.41, 5.74) is 3.01. The first kappa shape index (κ1) is 16.5. The van der Waals surface area contributed by atoms with Crippen molar-refractivity contribution in [3.8, 4) is 0 Å². The molecular weight excluding hydrogens is 284 g/mol. The van der Waals surface area contributed by atoms with E-state index in [1.807, 2.05) is 26.0 Å². The van der Waals surface area contributed by atoms with Crippen LogP contribution in [0.1, 0.15) is 42.9 Å². The van der Waals surface area contributed by atoms with Crippen molar-refractivity contribution in [2.75, 3.05) is 13.1 Å². The van der Waals surface area contributed by atoms with E-state index in [1.54, 1.807) is 0 Å². The maximum Gasteiger partial charge on any atom is 0.240 e. The fourth-order valence-electron chi connectivity index (χ4n) is 2.38. The molecule has 0 bridgehead atoms. The predicted molar refractivity (Wildman–Crippen MR) is 85.8 cm³/mol. The number of aryl methyl sites for hydroxylation is 2. The van der Waals surface area contributed by atoms with Crippen LogP contribution in [0.3, 0.4) is 0 Å². The van der Waals surface area contributed by atoms with E-state index in [0.717, 1.165) is 42.5 Å². The van der Waals surface area contributed by atoms with Crippen molar-refractivity contribution < 1.29 is 8.42 Å². The zero-order chi connectivity index (χ0) is 15.5. The van der Waals surface area contributed by atoms with Gasteiger partial charge in [0.1, 0.15) is 0 Å². The van der Waals surface area contributed by atoms with Gasteiger partial charge in [-0.15, -0.1) is 0 Å². The van der Waals surface area contributed by atoms with E-state index in [0.29, 0.717) is 23.9 Å². The molecule has 0 saturated heterocycles.